The molecular formula is C21H23F3N6O2. The van der Waals surface area contributed by atoms with E-state index in [9.17, 15) is 13.2 Å². The van der Waals surface area contributed by atoms with Gasteiger partial charge in [-0.2, -0.15) is 0 Å². The van der Waals surface area contributed by atoms with Gasteiger partial charge in [0.05, 0.1) is 17.5 Å². The number of imidazole rings is 1. The summed E-state index contributed by atoms with van der Waals surface area (Å²) in [6.07, 6.45) is -0.0782. The standard InChI is InChI=1S/C21H23F3N6O2/c1-25-19-18(28-12-29-19)20(26-2)30-9-3-4-13(30)11-31-17-7-8-27-16-6-5-14(10-15(16)17)32-21(22,23)24/h5-8,10,12-13,20,25H,2-4,9,11H2,1H3,(H,28,29). The lowest BCUT2D eigenvalue weighted by molar-refractivity contribution is -0.274. The van der Waals surface area contributed by atoms with Crippen molar-refractivity contribution in [2.24, 2.45) is 4.99 Å². The Balaban J connectivity index is 1.53. The van der Waals surface area contributed by atoms with Crippen LogP contribution in [-0.2, 0) is 0 Å². The lowest BCUT2D eigenvalue weighted by Gasteiger charge is -2.30. The number of rotatable bonds is 8. The fraction of sp³-hybridized carbons (Fsp3) is 0.381. The van der Waals surface area contributed by atoms with Gasteiger partial charge >= 0.3 is 6.36 Å². The van der Waals surface area contributed by atoms with E-state index in [4.69, 9.17) is 4.74 Å². The highest BCUT2D eigenvalue weighted by Gasteiger charge is 2.34. The minimum atomic E-state index is -4.77. The molecule has 0 spiro atoms. The van der Waals surface area contributed by atoms with E-state index in [-0.39, 0.29) is 18.0 Å². The molecule has 170 valence electrons. The molecule has 1 fully saturated rings. The van der Waals surface area contributed by atoms with Gasteiger partial charge in [-0.1, -0.05) is 0 Å². The summed E-state index contributed by atoms with van der Waals surface area (Å²) in [6.45, 7) is 4.89. The zero-order valence-electron chi connectivity index (χ0n) is 17.4. The van der Waals surface area contributed by atoms with Crippen molar-refractivity contribution >= 4 is 23.4 Å². The second kappa shape index (κ2) is 9.03. The summed E-state index contributed by atoms with van der Waals surface area (Å²) in [5, 5.41) is 3.49. The largest absolute Gasteiger partial charge is 0.573 e. The van der Waals surface area contributed by atoms with Crippen molar-refractivity contribution in [1.29, 1.82) is 0 Å². The molecule has 8 nitrogen and oxygen atoms in total. The highest BCUT2D eigenvalue weighted by atomic mass is 19.4. The van der Waals surface area contributed by atoms with Crippen molar-refractivity contribution in [3.8, 4) is 11.5 Å². The van der Waals surface area contributed by atoms with Gasteiger partial charge in [-0.15, -0.1) is 13.2 Å². The molecule has 2 aromatic heterocycles. The zero-order chi connectivity index (χ0) is 22.7. The van der Waals surface area contributed by atoms with Gasteiger partial charge in [-0.25, -0.2) is 4.98 Å². The van der Waals surface area contributed by atoms with Crippen molar-refractivity contribution in [3.05, 3.63) is 42.5 Å². The van der Waals surface area contributed by atoms with Crippen LogP contribution in [0.2, 0.25) is 0 Å². The third kappa shape index (κ3) is 4.62. The van der Waals surface area contributed by atoms with Gasteiger partial charge < -0.3 is 19.8 Å². The van der Waals surface area contributed by atoms with Crippen molar-refractivity contribution in [1.82, 2.24) is 19.9 Å². The predicted molar refractivity (Wildman–Crippen MR) is 114 cm³/mol. The average molecular weight is 448 g/mol. The summed E-state index contributed by atoms with van der Waals surface area (Å²) in [5.41, 5.74) is 1.33. The molecule has 1 saturated heterocycles. The average Bonchev–Trinajstić information content (AvgIpc) is 3.41. The van der Waals surface area contributed by atoms with Crippen LogP contribution in [0.15, 0.2) is 41.8 Å². The van der Waals surface area contributed by atoms with Crippen LogP contribution in [0.25, 0.3) is 10.9 Å². The Bertz CT molecular complexity index is 1090. The molecule has 1 aromatic carbocycles. The van der Waals surface area contributed by atoms with E-state index in [0.29, 0.717) is 29.1 Å². The van der Waals surface area contributed by atoms with Crippen molar-refractivity contribution in [2.75, 3.05) is 25.5 Å². The molecule has 1 aliphatic rings. The molecule has 2 atom stereocenters. The monoisotopic (exact) mass is 448 g/mol. The SMILES string of the molecule is C=NC(c1[nH]cnc1NC)N1CCCC1COc1ccnc2ccc(OC(F)(F)F)cc12. The van der Waals surface area contributed by atoms with Crippen molar-refractivity contribution in [2.45, 2.75) is 31.4 Å². The Kier molecular flexibility index (Phi) is 6.17. The molecule has 3 heterocycles. The topological polar surface area (TPSA) is 87.7 Å². The first-order valence-electron chi connectivity index (χ1n) is 10.1. The molecule has 0 saturated carbocycles. The Morgan fingerprint density at radius 1 is 1.34 bits per heavy atom. The molecular weight excluding hydrogens is 425 g/mol. The zero-order valence-corrected chi connectivity index (χ0v) is 17.4. The van der Waals surface area contributed by atoms with Crippen LogP contribution in [0.3, 0.4) is 0 Å². The molecule has 0 amide bonds. The summed E-state index contributed by atoms with van der Waals surface area (Å²) in [7, 11) is 1.79. The number of nitrogens with one attached hydrogen (secondary N) is 2. The van der Waals surface area contributed by atoms with Gasteiger partial charge in [0.2, 0.25) is 0 Å². The third-order valence-corrected chi connectivity index (χ3v) is 5.41. The Morgan fingerprint density at radius 3 is 2.94 bits per heavy atom. The summed E-state index contributed by atoms with van der Waals surface area (Å²) < 4.78 is 48.0. The first-order chi connectivity index (χ1) is 15.4. The highest BCUT2D eigenvalue weighted by molar-refractivity contribution is 5.86. The maximum atomic E-state index is 12.6. The minimum absolute atomic E-state index is 0.0383. The van der Waals surface area contributed by atoms with Crippen LogP contribution in [0, 0.1) is 0 Å². The summed E-state index contributed by atoms with van der Waals surface area (Å²) >= 11 is 0. The molecule has 3 aromatic rings. The van der Waals surface area contributed by atoms with Crippen LogP contribution in [0.5, 0.6) is 11.5 Å². The number of hydrogen-bond donors (Lipinski definition) is 2. The number of hydrogen-bond acceptors (Lipinski definition) is 7. The number of H-pyrrole nitrogens is 1. The molecule has 2 N–H and O–H groups in total. The quantitative estimate of drug-likeness (QED) is 0.504. The number of benzene rings is 1. The number of halogens is 3. The number of fused-ring (bicyclic) bond motifs is 1. The third-order valence-electron chi connectivity index (χ3n) is 5.41. The predicted octanol–water partition coefficient (Wildman–Crippen LogP) is 4.14. The number of nitrogens with zero attached hydrogens (tertiary/aromatic N) is 4. The van der Waals surface area contributed by atoms with Crippen LogP contribution in [0.1, 0.15) is 24.7 Å². The van der Waals surface area contributed by atoms with E-state index in [1.807, 2.05) is 0 Å². The number of aliphatic imine (C=N–C) groups is 1. The highest BCUT2D eigenvalue weighted by Crippen LogP contribution is 2.34. The van der Waals surface area contributed by atoms with Crippen LogP contribution in [0.4, 0.5) is 19.0 Å². The van der Waals surface area contributed by atoms with Gasteiger partial charge in [-0.3, -0.25) is 14.9 Å². The fourth-order valence-corrected chi connectivity index (χ4v) is 4.03. The second-order valence-electron chi connectivity index (χ2n) is 7.35. The van der Waals surface area contributed by atoms with Crippen molar-refractivity contribution < 1.29 is 22.6 Å². The number of aromatic nitrogens is 3. The van der Waals surface area contributed by atoms with Crippen LogP contribution >= 0.6 is 0 Å². The van der Waals surface area contributed by atoms with E-state index in [0.717, 1.165) is 25.1 Å². The number of ether oxygens (including phenoxy) is 2. The van der Waals surface area contributed by atoms with Gasteiger partial charge in [0.15, 0.2) is 5.82 Å². The normalized spacial score (nSPS) is 17.9. The lowest BCUT2D eigenvalue weighted by atomic mass is 10.2. The molecule has 0 bridgehead atoms. The van der Waals surface area contributed by atoms with E-state index < -0.39 is 6.36 Å². The van der Waals surface area contributed by atoms with Crippen molar-refractivity contribution in [3.63, 3.8) is 0 Å². The number of alkyl halides is 3. The minimum Gasteiger partial charge on any atom is -0.491 e. The first-order valence-corrected chi connectivity index (χ1v) is 10.1. The Labute approximate surface area is 182 Å². The van der Waals surface area contributed by atoms with E-state index in [1.165, 1.54) is 18.2 Å². The summed E-state index contributed by atoms with van der Waals surface area (Å²) in [4.78, 5) is 18.1. The van der Waals surface area contributed by atoms with E-state index in [2.05, 4.69) is 41.6 Å². The Hall–Kier alpha value is -3.34. The molecule has 32 heavy (non-hydrogen) atoms. The van der Waals surface area contributed by atoms with Gasteiger partial charge in [0, 0.05) is 31.2 Å². The van der Waals surface area contributed by atoms with E-state index in [1.54, 1.807) is 25.6 Å². The number of aromatic amines is 1. The number of pyridine rings is 1. The second-order valence-corrected chi connectivity index (χ2v) is 7.35. The van der Waals surface area contributed by atoms with E-state index >= 15 is 0 Å². The maximum Gasteiger partial charge on any atom is 0.573 e. The van der Waals surface area contributed by atoms with Gasteiger partial charge in [-0.05, 0) is 43.8 Å². The molecule has 2 unspecified atom stereocenters. The maximum absolute atomic E-state index is 12.6. The first kappa shape index (κ1) is 21.9. The molecule has 0 aliphatic carbocycles. The lowest BCUT2D eigenvalue weighted by Crippen LogP contribution is -2.37. The van der Waals surface area contributed by atoms with Gasteiger partial charge in [0.25, 0.3) is 0 Å². The summed E-state index contributed by atoms with van der Waals surface area (Å²) in [6, 6.07) is 5.66. The Morgan fingerprint density at radius 2 is 2.19 bits per heavy atom. The van der Waals surface area contributed by atoms with Crippen LogP contribution < -0.4 is 14.8 Å². The number of anilines is 1. The number of likely N-dealkylation sites (tertiary alicyclic amines) is 1. The molecule has 0 radical (unpaired) electrons. The van der Waals surface area contributed by atoms with Crippen LogP contribution in [-0.4, -0.2) is 59.2 Å². The molecule has 11 heteroatoms. The smallest absolute Gasteiger partial charge is 0.491 e. The summed E-state index contributed by atoms with van der Waals surface area (Å²) in [5.74, 6) is 0.821. The van der Waals surface area contributed by atoms with Gasteiger partial charge in [0.1, 0.15) is 24.3 Å². The fourth-order valence-electron chi connectivity index (χ4n) is 4.03. The molecule has 1 aliphatic heterocycles. The molecule has 4 rings (SSSR count).